The Morgan fingerprint density at radius 3 is 2.72 bits per heavy atom. The molecule has 0 saturated carbocycles. The van der Waals surface area contributed by atoms with Crippen LogP contribution >= 0.6 is 11.6 Å². The molecule has 132 valence electrons. The van der Waals surface area contributed by atoms with E-state index in [1.54, 1.807) is 6.07 Å². The van der Waals surface area contributed by atoms with Gasteiger partial charge >= 0.3 is 12.2 Å². The van der Waals surface area contributed by atoms with Crippen molar-refractivity contribution >= 4 is 23.3 Å². The molecule has 1 aromatic carbocycles. The Morgan fingerprint density at radius 1 is 1.24 bits per heavy atom. The minimum Gasteiger partial charge on any atom is -0.326 e. The molecule has 0 unspecified atom stereocenters. The number of aromatic amines is 1. The van der Waals surface area contributed by atoms with Crippen LogP contribution in [-0.4, -0.2) is 22.5 Å². The van der Waals surface area contributed by atoms with E-state index in [-0.39, 0.29) is 17.8 Å². The fourth-order valence-corrected chi connectivity index (χ4v) is 2.87. The fourth-order valence-electron chi connectivity index (χ4n) is 2.65. The average molecular weight is 372 g/mol. The molecule has 2 amide bonds. The number of rotatable bonds is 1. The van der Waals surface area contributed by atoms with Crippen molar-refractivity contribution in [1.82, 2.24) is 9.88 Å². The summed E-state index contributed by atoms with van der Waals surface area (Å²) in [6.07, 6.45) is -4.14. The Kier molecular flexibility index (Phi) is 4.47. The van der Waals surface area contributed by atoms with Crippen molar-refractivity contribution in [2.24, 2.45) is 0 Å². The third-order valence-electron chi connectivity index (χ3n) is 3.90. The number of hydrogen-bond donors (Lipinski definition) is 2. The average Bonchev–Trinajstić information content (AvgIpc) is 2.55. The van der Waals surface area contributed by atoms with Gasteiger partial charge in [-0.1, -0.05) is 17.7 Å². The van der Waals surface area contributed by atoms with Crippen molar-refractivity contribution in [3.05, 3.63) is 62.5 Å². The van der Waals surface area contributed by atoms with Crippen molar-refractivity contribution in [2.75, 3.05) is 11.9 Å². The number of carbonyl (C=O) groups excluding carboxylic acids is 1. The SMILES string of the molecule is O=C(Nc1ccc(Cl)c(C(F)(F)F)c1)N1CCc2[nH]c(=O)ccc2C1. The number of urea groups is 1. The Morgan fingerprint density at radius 2 is 2.00 bits per heavy atom. The number of nitrogens with one attached hydrogen (secondary N) is 2. The fraction of sp³-hybridized carbons (Fsp3) is 0.250. The first kappa shape index (κ1) is 17.3. The van der Waals surface area contributed by atoms with Crippen LogP contribution in [0.4, 0.5) is 23.7 Å². The van der Waals surface area contributed by atoms with Crippen LogP contribution in [0.2, 0.25) is 5.02 Å². The van der Waals surface area contributed by atoms with E-state index in [1.165, 1.54) is 17.0 Å². The van der Waals surface area contributed by atoms with E-state index in [4.69, 9.17) is 11.6 Å². The number of halogens is 4. The van der Waals surface area contributed by atoms with Gasteiger partial charge in [-0.15, -0.1) is 0 Å². The van der Waals surface area contributed by atoms with E-state index in [2.05, 4.69) is 10.3 Å². The number of fused-ring (bicyclic) bond motifs is 1. The maximum absolute atomic E-state index is 12.9. The lowest BCUT2D eigenvalue weighted by Crippen LogP contribution is -2.39. The first-order valence-corrected chi connectivity index (χ1v) is 7.75. The smallest absolute Gasteiger partial charge is 0.326 e. The Hall–Kier alpha value is -2.48. The van der Waals surface area contributed by atoms with Gasteiger partial charge in [0.2, 0.25) is 5.56 Å². The first-order valence-electron chi connectivity index (χ1n) is 7.38. The summed E-state index contributed by atoms with van der Waals surface area (Å²) in [7, 11) is 0. The number of alkyl halides is 3. The number of anilines is 1. The van der Waals surface area contributed by atoms with E-state index in [1.807, 2.05) is 0 Å². The zero-order chi connectivity index (χ0) is 18.2. The lowest BCUT2D eigenvalue weighted by atomic mass is 10.1. The molecule has 2 aromatic rings. The predicted molar refractivity (Wildman–Crippen MR) is 86.6 cm³/mol. The van der Waals surface area contributed by atoms with Crippen LogP contribution in [0, 0.1) is 0 Å². The van der Waals surface area contributed by atoms with Crippen molar-refractivity contribution in [2.45, 2.75) is 19.1 Å². The third kappa shape index (κ3) is 3.79. The van der Waals surface area contributed by atoms with Crippen LogP contribution in [0.5, 0.6) is 0 Å². The number of carbonyl (C=O) groups is 1. The molecule has 0 fully saturated rings. The maximum atomic E-state index is 12.9. The van der Waals surface area contributed by atoms with Gasteiger partial charge in [0.1, 0.15) is 0 Å². The molecule has 0 radical (unpaired) electrons. The van der Waals surface area contributed by atoms with Gasteiger partial charge in [0.05, 0.1) is 10.6 Å². The Balaban J connectivity index is 1.75. The molecule has 2 heterocycles. The number of benzene rings is 1. The van der Waals surface area contributed by atoms with Gasteiger partial charge in [0.25, 0.3) is 0 Å². The highest BCUT2D eigenvalue weighted by Crippen LogP contribution is 2.36. The monoisotopic (exact) mass is 371 g/mol. The van der Waals surface area contributed by atoms with Gasteiger partial charge in [-0.2, -0.15) is 13.2 Å². The minimum atomic E-state index is -4.60. The molecule has 0 bridgehead atoms. The van der Waals surface area contributed by atoms with Crippen molar-refractivity contribution in [3.63, 3.8) is 0 Å². The standard InChI is InChI=1S/C16H13ClF3N3O2/c17-12-3-2-10(7-11(12)16(18,19)20)21-15(25)23-6-5-13-9(8-23)1-4-14(24)22-13/h1-4,7H,5-6,8H2,(H,21,25)(H,22,24). The summed E-state index contributed by atoms with van der Waals surface area (Å²) in [4.78, 5) is 27.8. The molecule has 0 aliphatic carbocycles. The van der Waals surface area contributed by atoms with Crippen LogP contribution in [-0.2, 0) is 19.1 Å². The molecule has 5 nitrogen and oxygen atoms in total. The lowest BCUT2D eigenvalue weighted by Gasteiger charge is -2.28. The van der Waals surface area contributed by atoms with Gasteiger partial charge in [-0.25, -0.2) is 4.79 Å². The summed E-state index contributed by atoms with van der Waals surface area (Å²) in [5.41, 5.74) is 0.357. The predicted octanol–water partition coefficient (Wildman–Crippen LogP) is 3.64. The highest BCUT2D eigenvalue weighted by atomic mass is 35.5. The molecule has 1 aliphatic heterocycles. The third-order valence-corrected chi connectivity index (χ3v) is 4.23. The number of H-pyrrole nitrogens is 1. The van der Waals surface area contributed by atoms with E-state index < -0.39 is 22.8 Å². The highest BCUT2D eigenvalue weighted by molar-refractivity contribution is 6.31. The summed E-state index contributed by atoms with van der Waals surface area (Å²) in [6, 6.07) is 5.69. The summed E-state index contributed by atoms with van der Waals surface area (Å²) in [5, 5.41) is 2.02. The number of hydrogen-bond acceptors (Lipinski definition) is 2. The first-order chi connectivity index (χ1) is 11.7. The van der Waals surface area contributed by atoms with Crippen LogP contribution in [0.3, 0.4) is 0 Å². The van der Waals surface area contributed by atoms with Crippen molar-refractivity contribution < 1.29 is 18.0 Å². The molecule has 2 N–H and O–H groups in total. The number of pyridine rings is 1. The molecule has 1 aliphatic rings. The van der Waals surface area contributed by atoms with E-state index in [0.717, 1.165) is 23.4 Å². The molecule has 25 heavy (non-hydrogen) atoms. The minimum absolute atomic E-state index is 0.00832. The normalized spacial score (nSPS) is 14.2. The molecule has 0 saturated heterocycles. The van der Waals surface area contributed by atoms with Gasteiger partial charge in [-0.05, 0) is 23.8 Å². The zero-order valence-corrected chi connectivity index (χ0v) is 13.5. The molecular weight excluding hydrogens is 359 g/mol. The lowest BCUT2D eigenvalue weighted by molar-refractivity contribution is -0.137. The molecule has 0 atom stereocenters. The quantitative estimate of drug-likeness (QED) is 0.803. The zero-order valence-electron chi connectivity index (χ0n) is 12.8. The molecule has 3 rings (SSSR count). The topological polar surface area (TPSA) is 65.2 Å². The summed E-state index contributed by atoms with van der Waals surface area (Å²) < 4.78 is 38.6. The second-order valence-electron chi connectivity index (χ2n) is 5.62. The maximum Gasteiger partial charge on any atom is 0.417 e. The molecule has 1 aromatic heterocycles. The number of nitrogens with zero attached hydrogens (tertiary/aromatic N) is 1. The van der Waals surface area contributed by atoms with Gasteiger partial charge < -0.3 is 15.2 Å². The summed E-state index contributed by atoms with van der Waals surface area (Å²) in [5.74, 6) is 0. The van der Waals surface area contributed by atoms with E-state index >= 15 is 0 Å². The highest BCUT2D eigenvalue weighted by Gasteiger charge is 2.33. The molecule has 0 spiro atoms. The van der Waals surface area contributed by atoms with Gasteiger partial charge in [-0.3, -0.25) is 4.79 Å². The molecular formula is C16H13ClF3N3O2. The van der Waals surface area contributed by atoms with E-state index in [0.29, 0.717) is 13.0 Å². The van der Waals surface area contributed by atoms with Crippen molar-refractivity contribution in [3.8, 4) is 0 Å². The number of aromatic nitrogens is 1. The summed E-state index contributed by atoms with van der Waals surface area (Å²) in [6.45, 7) is 0.607. The van der Waals surface area contributed by atoms with Crippen LogP contribution in [0.1, 0.15) is 16.8 Å². The van der Waals surface area contributed by atoms with Crippen molar-refractivity contribution in [1.29, 1.82) is 0 Å². The van der Waals surface area contributed by atoms with Crippen LogP contribution in [0.15, 0.2) is 35.1 Å². The van der Waals surface area contributed by atoms with Crippen LogP contribution < -0.4 is 10.9 Å². The largest absolute Gasteiger partial charge is 0.417 e. The van der Waals surface area contributed by atoms with Gasteiger partial charge in [0, 0.05) is 37.0 Å². The van der Waals surface area contributed by atoms with Gasteiger partial charge in [0.15, 0.2) is 0 Å². The van der Waals surface area contributed by atoms with E-state index in [9.17, 15) is 22.8 Å². The molecule has 9 heteroatoms. The Bertz CT molecular complexity index is 880. The summed E-state index contributed by atoms with van der Waals surface area (Å²) >= 11 is 5.56. The van der Waals surface area contributed by atoms with Crippen LogP contribution in [0.25, 0.3) is 0 Å². The Labute approximate surface area is 145 Å². The number of amides is 2. The second-order valence-corrected chi connectivity index (χ2v) is 6.03. The second kappa shape index (κ2) is 6.44.